The largest absolute Gasteiger partial charge is 0.475 e. The summed E-state index contributed by atoms with van der Waals surface area (Å²) in [6.45, 7) is 2.08. The van der Waals surface area contributed by atoms with Crippen molar-refractivity contribution in [2.45, 2.75) is 13.1 Å². The summed E-state index contributed by atoms with van der Waals surface area (Å²) in [6.07, 6.45) is -1.65. The lowest BCUT2D eigenvalue weighted by molar-refractivity contribution is -0.139. The predicted molar refractivity (Wildman–Crippen MR) is 70.0 cm³/mol. The number of anilines is 1. The van der Waals surface area contributed by atoms with E-state index in [-0.39, 0.29) is 13.2 Å². The molecule has 0 aromatic carbocycles. The molecule has 8 heteroatoms. The first-order valence-electron chi connectivity index (χ1n) is 6.15. The number of alkyl halides is 3. The lowest BCUT2D eigenvalue weighted by Gasteiger charge is -2.12. The number of nitrogens with zero attached hydrogens (tertiary/aromatic N) is 3. The second-order valence-electron chi connectivity index (χ2n) is 4.15. The van der Waals surface area contributed by atoms with Crippen LogP contribution in [-0.4, -0.2) is 28.1 Å². The zero-order chi connectivity index (χ0) is 15.3. The highest BCUT2D eigenvalue weighted by Gasteiger charge is 2.34. The third-order valence-electron chi connectivity index (χ3n) is 2.50. The number of aryl methyl sites for hydroxylation is 1. The number of halogens is 3. The molecule has 5 nitrogen and oxygen atoms in total. The second-order valence-corrected chi connectivity index (χ2v) is 4.15. The van der Waals surface area contributed by atoms with Gasteiger partial charge in [-0.25, -0.2) is 15.0 Å². The van der Waals surface area contributed by atoms with Gasteiger partial charge in [-0.1, -0.05) is 0 Å². The molecule has 0 radical (unpaired) electrons. The molecule has 0 atom stereocenters. The summed E-state index contributed by atoms with van der Waals surface area (Å²) >= 11 is 0. The van der Waals surface area contributed by atoms with E-state index in [4.69, 9.17) is 4.74 Å². The molecule has 0 aliphatic rings. The smallest absolute Gasteiger partial charge is 0.421 e. The Kier molecular flexibility index (Phi) is 4.56. The van der Waals surface area contributed by atoms with Crippen LogP contribution in [0.2, 0.25) is 0 Å². The SMILES string of the molecule is Cc1ccnc(NCCOc2ncccc2C(F)(F)F)n1. The molecule has 0 amide bonds. The molecule has 0 bridgehead atoms. The molecule has 0 spiro atoms. The molecule has 21 heavy (non-hydrogen) atoms. The van der Waals surface area contributed by atoms with E-state index in [2.05, 4.69) is 20.3 Å². The predicted octanol–water partition coefficient (Wildman–Crippen LogP) is 2.69. The average Bonchev–Trinajstić information content (AvgIpc) is 2.43. The van der Waals surface area contributed by atoms with Gasteiger partial charge in [-0.3, -0.25) is 0 Å². The van der Waals surface area contributed by atoms with Gasteiger partial charge in [-0.2, -0.15) is 13.2 Å². The summed E-state index contributed by atoms with van der Waals surface area (Å²) in [5, 5.41) is 2.86. The fraction of sp³-hybridized carbons (Fsp3) is 0.308. The highest BCUT2D eigenvalue weighted by Crippen LogP contribution is 2.34. The van der Waals surface area contributed by atoms with Crippen molar-refractivity contribution in [1.29, 1.82) is 0 Å². The van der Waals surface area contributed by atoms with E-state index in [0.717, 1.165) is 11.8 Å². The van der Waals surface area contributed by atoms with Crippen LogP contribution in [0.4, 0.5) is 19.1 Å². The molecule has 0 unspecified atom stereocenters. The summed E-state index contributed by atoms with van der Waals surface area (Å²) in [4.78, 5) is 11.7. The Morgan fingerprint density at radius 1 is 1.19 bits per heavy atom. The Morgan fingerprint density at radius 2 is 2.00 bits per heavy atom. The van der Waals surface area contributed by atoms with Crippen molar-refractivity contribution < 1.29 is 17.9 Å². The average molecular weight is 298 g/mol. The lowest BCUT2D eigenvalue weighted by Crippen LogP contribution is -2.16. The third kappa shape index (κ3) is 4.30. The number of hydrogen-bond acceptors (Lipinski definition) is 5. The number of ether oxygens (including phenoxy) is 1. The minimum absolute atomic E-state index is 0.0113. The van der Waals surface area contributed by atoms with Gasteiger partial charge in [0.05, 0.1) is 6.54 Å². The van der Waals surface area contributed by atoms with Crippen LogP contribution in [0.1, 0.15) is 11.3 Å². The molecular formula is C13H13F3N4O. The van der Waals surface area contributed by atoms with Crippen LogP contribution >= 0.6 is 0 Å². The molecule has 2 aromatic rings. The first-order chi connectivity index (χ1) is 9.97. The highest BCUT2D eigenvalue weighted by molar-refractivity contribution is 5.28. The lowest BCUT2D eigenvalue weighted by atomic mass is 10.2. The number of pyridine rings is 1. The minimum Gasteiger partial charge on any atom is -0.475 e. The standard InChI is InChI=1S/C13H13F3N4O/c1-9-4-6-18-12(20-9)19-7-8-21-11-10(13(14,15)16)3-2-5-17-11/h2-6H,7-8H2,1H3,(H,18,19,20). The third-order valence-corrected chi connectivity index (χ3v) is 2.50. The van der Waals surface area contributed by atoms with Crippen LogP contribution < -0.4 is 10.1 Å². The Balaban J connectivity index is 1.90. The van der Waals surface area contributed by atoms with Crippen molar-refractivity contribution in [3.05, 3.63) is 41.9 Å². The first kappa shape index (κ1) is 15.0. The van der Waals surface area contributed by atoms with Gasteiger partial charge in [0, 0.05) is 18.1 Å². The molecule has 2 heterocycles. The van der Waals surface area contributed by atoms with Crippen molar-refractivity contribution in [2.75, 3.05) is 18.5 Å². The highest BCUT2D eigenvalue weighted by atomic mass is 19.4. The molecular weight excluding hydrogens is 285 g/mol. The number of hydrogen-bond donors (Lipinski definition) is 1. The van der Waals surface area contributed by atoms with Gasteiger partial charge in [0.2, 0.25) is 11.8 Å². The molecule has 2 aromatic heterocycles. The van der Waals surface area contributed by atoms with Gasteiger partial charge in [0.25, 0.3) is 0 Å². The fourth-order valence-electron chi connectivity index (χ4n) is 1.57. The van der Waals surface area contributed by atoms with Crippen LogP contribution in [0.5, 0.6) is 5.88 Å². The summed E-state index contributed by atoms with van der Waals surface area (Å²) in [6, 6.07) is 3.89. The van der Waals surface area contributed by atoms with E-state index < -0.39 is 17.6 Å². The summed E-state index contributed by atoms with van der Waals surface area (Å²) in [7, 11) is 0. The first-order valence-corrected chi connectivity index (χ1v) is 6.15. The molecule has 2 rings (SSSR count). The Bertz CT molecular complexity index is 604. The van der Waals surface area contributed by atoms with Gasteiger partial charge in [-0.05, 0) is 25.1 Å². The molecule has 0 aliphatic heterocycles. The Labute approximate surface area is 119 Å². The normalized spacial score (nSPS) is 11.2. The number of nitrogens with one attached hydrogen (secondary N) is 1. The summed E-state index contributed by atoms with van der Waals surface area (Å²) < 4.78 is 43.2. The fourth-order valence-corrected chi connectivity index (χ4v) is 1.57. The van der Waals surface area contributed by atoms with Crippen molar-refractivity contribution in [2.24, 2.45) is 0 Å². The van der Waals surface area contributed by atoms with Gasteiger partial charge >= 0.3 is 6.18 Å². The van der Waals surface area contributed by atoms with Crippen LogP contribution in [0, 0.1) is 6.92 Å². The van der Waals surface area contributed by atoms with Gasteiger partial charge in [0.1, 0.15) is 12.2 Å². The monoisotopic (exact) mass is 298 g/mol. The maximum absolute atomic E-state index is 12.7. The minimum atomic E-state index is -4.49. The van der Waals surface area contributed by atoms with Gasteiger partial charge in [-0.15, -0.1) is 0 Å². The van der Waals surface area contributed by atoms with Gasteiger partial charge < -0.3 is 10.1 Å². The van der Waals surface area contributed by atoms with Crippen molar-refractivity contribution >= 4 is 5.95 Å². The number of rotatable bonds is 5. The maximum Gasteiger partial charge on any atom is 0.421 e. The Hall–Kier alpha value is -2.38. The van der Waals surface area contributed by atoms with Crippen LogP contribution in [0.3, 0.4) is 0 Å². The van der Waals surface area contributed by atoms with Crippen LogP contribution in [0.15, 0.2) is 30.6 Å². The number of aromatic nitrogens is 3. The molecule has 0 saturated carbocycles. The molecule has 112 valence electrons. The van der Waals surface area contributed by atoms with Crippen molar-refractivity contribution in [3.63, 3.8) is 0 Å². The van der Waals surface area contributed by atoms with E-state index in [1.807, 2.05) is 6.92 Å². The molecule has 1 N–H and O–H groups in total. The summed E-state index contributed by atoms with van der Waals surface area (Å²) in [5.74, 6) is -0.0346. The van der Waals surface area contributed by atoms with Crippen molar-refractivity contribution in [1.82, 2.24) is 15.0 Å². The van der Waals surface area contributed by atoms with E-state index in [0.29, 0.717) is 5.95 Å². The van der Waals surface area contributed by atoms with E-state index >= 15 is 0 Å². The van der Waals surface area contributed by atoms with Crippen molar-refractivity contribution in [3.8, 4) is 5.88 Å². The van der Waals surface area contributed by atoms with E-state index in [9.17, 15) is 13.2 Å². The van der Waals surface area contributed by atoms with E-state index in [1.165, 1.54) is 12.3 Å². The quantitative estimate of drug-likeness (QED) is 0.860. The maximum atomic E-state index is 12.7. The topological polar surface area (TPSA) is 59.9 Å². The zero-order valence-electron chi connectivity index (χ0n) is 11.2. The summed E-state index contributed by atoms with van der Waals surface area (Å²) in [5.41, 5.74) is -0.102. The van der Waals surface area contributed by atoms with Gasteiger partial charge in [0.15, 0.2) is 0 Å². The van der Waals surface area contributed by atoms with E-state index in [1.54, 1.807) is 12.3 Å². The second kappa shape index (κ2) is 6.38. The molecule has 0 fully saturated rings. The molecule has 0 saturated heterocycles. The Morgan fingerprint density at radius 3 is 2.71 bits per heavy atom. The molecule has 0 aliphatic carbocycles. The van der Waals surface area contributed by atoms with Crippen LogP contribution in [-0.2, 0) is 6.18 Å². The van der Waals surface area contributed by atoms with Crippen LogP contribution in [0.25, 0.3) is 0 Å². The zero-order valence-corrected chi connectivity index (χ0v) is 11.2.